The van der Waals surface area contributed by atoms with Crippen molar-refractivity contribution >= 4 is 23.1 Å². The predicted octanol–water partition coefficient (Wildman–Crippen LogP) is 2.39. The molecule has 7 heteroatoms. The molecular formula is C17H21N5OS. The van der Waals surface area contributed by atoms with E-state index in [9.17, 15) is 4.79 Å². The van der Waals surface area contributed by atoms with E-state index in [1.54, 1.807) is 0 Å². The molecule has 0 unspecified atom stereocenters. The van der Waals surface area contributed by atoms with E-state index in [0.717, 1.165) is 40.2 Å². The fourth-order valence-corrected chi connectivity index (χ4v) is 3.95. The summed E-state index contributed by atoms with van der Waals surface area (Å²) in [6, 6.07) is 4.35. The number of hydrogen-bond donors (Lipinski definition) is 0. The van der Waals surface area contributed by atoms with Crippen molar-refractivity contribution in [2.45, 2.75) is 38.6 Å². The Morgan fingerprint density at radius 1 is 1.25 bits per heavy atom. The monoisotopic (exact) mass is 343 g/mol. The molecule has 6 nitrogen and oxygen atoms in total. The number of carbonyl (C=O) groups is 1. The zero-order valence-electron chi connectivity index (χ0n) is 14.2. The number of aryl methyl sites for hydroxylation is 2. The van der Waals surface area contributed by atoms with Gasteiger partial charge in [-0.2, -0.15) is 5.10 Å². The van der Waals surface area contributed by atoms with Crippen molar-refractivity contribution in [3.63, 3.8) is 0 Å². The number of hydrogen-bond acceptors (Lipinski definition) is 6. The van der Waals surface area contributed by atoms with Crippen LogP contribution in [0.4, 0.5) is 5.82 Å². The highest BCUT2D eigenvalue weighted by Gasteiger charge is 2.35. The van der Waals surface area contributed by atoms with E-state index in [2.05, 4.69) is 32.2 Å². The standard InChI is InChI=1S/C17H21N5OS/c1-10-16(24-11(2)18-10)17(23)21(3)13-8-22(9-13)15-7-6-14(19-20-15)12-4-5-12/h6-7,12-13H,4-5,8-9H2,1-3H3. The molecule has 1 amide bonds. The first-order valence-electron chi connectivity index (χ1n) is 8.32. The summed E-state index contributed by atoms with van der Waals surface area (Å²) in [5.41, 5.74) is 1.94. The van der Waals surface area contributed by atoms with Gasteiger partial charge in [0.15, 0.2) is 5.82 Å². The molecule has 0 N–H and O–H groups in total. The third-order valence-corrected chi connectivity index (χ3v) is 5.88. The van der Waals surface area contributed by atoms with E-state index in [0.29, 0.717) is 5.92 Å². The van der Waals surface area contributed by atoms with Crippen molar-refractivity contribution in [3.05, 3.63) is 33.4 Å². The molecule has 2 aliphatic rings. The summed E-state index contributed by atoms with van der Waals surface area (Å²) in [4.78, 5) is 21.7. The van der Waals surface area contributed by atoms with Crippen LogP contribution in [-0.2, 0) is 0 Å². The Hall–Kier alpha value is -2.02. The minimum Gasteiger partial charge on any atom is -0.351 e. The maximum Gasteiger partial charge on any atom is 0.265 e. The topological polar surface area (TPSA) is 62.2 Å². The molecule has 4 rings (SSSR count). The van der Waals surface area contributed by atoms with Gasteiger partial charge in [0, 0.05) is 26.1 Å². The van der Waals surface area contributed by atoms with Gasteiger partial charge < -0.3 is 9.80 Å². The van der Waals surface area contributed by atoms with E-state index in [1.165, 1.54) is 24.2 Å². The van der Waals surface area contributed by atoms with Crippen LogP contribution in [0.1, 0.15) is 44.8 Å². The Morgan fingerprint density at radius 2 is 2.00 bits per heavy atom. The summed E-state index contributed by atoms with van der Waals surface area (Å²) in [6.45, 7) is 5.44. The highest BCUT2D eigenvalue weighted by atomic mass is 32.1. The smallest absolute Gasteiger partial charge is 0.265 e. The molecule has 2 aromatic heterocycles. The molecule has 0 bridgehead atoms. The molecule has 1 aliphatic heterocycles. The van der Waals surface area contributed by atoms with Gasteiger partial charge in [-0.25, -0.2) is 4.98 Å². The van der Waals surface area contributed by atoms with Crippen LogP contribution in [0.25, 0.3) is 0 Å². The molecule has 2 fully saturated rings. The molecule has 126 valence electrons. The van der Waals surface area contributed by atoms with Crippen LogP contribution >= 0.6 is 11.3 Å². The molecule has 1 aliphatic carbocycles. The highest BCUT2D eigenvalue weighted by Crippen LogP contribution is 2.38. The fraction of sp³-hybridized carbons (Fsp3) is 0.529. The van der Waals surface area contributed by atoms with Crippen molar-refractivity contribution in [1.29, 1.82) is 0 Å². The van der Waals surface area contributed by atoms with Crippen LogP contribution in [0.5, 0.6) is 0 Å². The number of anilines is 1. The Balaban J connectivity index is 1.37. The number of nitrogens with zero attached hydrogens (tertiary/aromatic N) is 5. The van der Waals surface area contributed by atoms with E-state index in [1.807, 2.05) is 25.8 Å². The SMILES string of the molecule is Cc1nc(C)c(C(=O)N(C)C2CN(c3ccc(C4CC4)nn3)C2)s1. The van der Waals surface area contributed by atoms with E-state index in [4.69, 9.17) is 0 Å². The van der Waals surface area contributed by atoms with Crippen LogP contribution in [0, 0.1) is 13.8 Å². The average Bonchev–Trinajstić information content (AvgIpc) is 3.30. The number of likely N-dealkylation sites (N-methyl/N-ethyl adjacent to an activating group) is 1. The number of thiazole rings is 1. The van der Waals surface area contributed by atoms with Crippen molar-refractivity contribution in [2.75, 3.05) is 25.0 Å². The fourth-order valence-electron chi connectivity index (χ4n) is 3.04. The number of rotatable bonds is 4. The first-order valence-corrected chi connectivity index (χ1v) is 9.14. The van der Waals surface area contributed by atoms with E-state index >= 15 is 0 Å². The van der Waals surface area contributed by atoms with Gasteiger partial charge in [0.25, 0.3) is 5.91 Å². The van der Waals surface area contributed by atoms with Crippen molar-refractivity contribution in [1.82, 2.24) is 20.1 Å². The van der Waals surface area contributed by atoms with Crippen LogP contribution in [0.2, 0.25) is 0 Å². The van der Waals surface area contributed by atoms with Gasteiger partial charge in [0.05, 0.1) is 22.4 Å². The first kappa shape index (κ1) is 15.5. The molecule has 1 saturated carbocycles. The Bertz CT molecular complexity index is 762. The molecule has 1 saturated heterocycles. The summed E-state index contributed by atoms with van der Waals surface area (Å²) < 4.78 is 0. The third kappa shape index (κ3) is 2.77. The highest BCUT2D eigenvalue weighted by molar-refractivity contribution is 7.13. The van der Waals surface area contributed by atoms with Gasteiger partial charge in [-0.3, -0.25) is 4.79 Å². The Labute approximate surface area is 145 Å². The molecule has 0 aromatic carbocycles. The van der Waals surface area contributed by atoms with Gasteiger partial charge in [-0.15, -0.1) is 16.4 Å². The zero-order chi connectivity index (χ0) is 16.8. The minimum absolute atomic E-state index is 0.0675. The molecular weight excluding hydrogens is 322 g/mol. The lowest BCUT2D eigenvalue weighted by atomic mass is 10.1. The van der Waals surface area contributed by atoms with Crippen LogP contribution in [-0.4, -0.2) is 52.2 Å². The second-order valence-corrected chi connectivity index (χ2v) is 7.92. The molecule has 0 spiro atoms. The summed E-state index contributed by atoms with van der Waals surface area (Å²) in [5, 5.41) is 9.61. The van der Waals surface area contributed by atoms with Crippen molar-refractivity contribution in [2.24, 2.45) is 0 Å². The normalized spacial score (nSPS) is 17.7. The summed E-state index contributed by atoms with van der Waals surface area (Å²) in [5.74, 6) is 1.60. The number of amides is 1. The van der Waals surface area contributed by atoms with Gasteiger partial charge in [-0.1, -0.05) is 0 Å². The van der Waals surface area contributed by atoms with E-state index in [-0.39, 0.29) is 11.9 Å². The van der Waals surface area contributed by atoms with Crippen LogP contribution in [0.15, 0.2) is 12.1 Å². The number of carbonyl (C=O) groups excluding carboxylic acids is 1. The first-order chi connectivity index (χ1) is 11.5. The second kappa shape index (κ2) is 5.81. The lowest BCUT2D eigenvalue weighted by molar-refractivity contribution is 0.0709. The lowest BCUT2D eigenvalue weighted by Gasteiger charge is -2.44. The Morgan fingerprint density at radius 3 is 2.54 bits per heavy atom. The van der Waals surface area contributed by atoms with Gasteiger partial charge in [0.1, 0.15) is 4.88 Å². The second-order valence-electron chi connectivity index (χ2n) is 6.71. The third-order valence-electron chi connectivity index (χ3n) is 4.82. The quantitative estimate of drug-likeness (QED) is 0.853. The number of aromatic nitrogens is 3. The Kier molecular flexibility index (Phi) is 3.75. The van der Waals surface area contributed by atoms with Crippen molar-refractivity contribution in [3.8, 4) is 0 Å². The summed E-state index contributed by atoms with van der Waals surface area (Å²) >= 11 is 1.47. The van der Waals surface area contributed by atoms with Crippen molar-refractivity contribution < 1.29 is 4.79 Å². The molecule has 2 aromatic rings. The van der Waals surface area contributed by atoms with Gasteiger partial charge in [0.2, 0.25) is 0 Å². The lowest BCUT2D eigenvalue weighted by Crippen LogP contribution is -2.60. The van der Waals surface area contributed by atoms with Gasteiger partial charge in [-0.05, 0) is 38.8 Å². The summed E-state index contributed by atoms with van der Waals surface area (Å²) in [6.07, 6.45) is 2.48. The maximum atomic E-state index is 12.6. The van der Waals surface area contributed by atoms with Crippen LogP contribution < -0.4 is 4.90 Å². The van der Waals surface area contributed by atoms with Crippen LogP contribution in [0.3, 0.4) is 0 Å². The van der Waals surface area contributed by atoms with E-state index < -0.39 is 0 Å². The molecule has 0 radical (unpaired) electrons. The maximum absolute atomic E-state index is 12.6. The van der Waals surface area contributed by atoms with Gasteiger partial charge >= 0.3 is 0 Å². The molecule has 3 heterocycles. The average molecular weight is 343 g/mol. The molecule has 0 atom stereocenters. The largest absolute Gasteiger partial charge is 0.351 e. The minimum atomic E-state index is 0.0675. The summed E-state index contributed by atoms with van der Waals surface area (Å²) in [7, 11) is 1.88. The molecule has 24 heavy (non-hydrogen) atoms. The predicted molar refractivity (Wildman–Crippen MR) is 93.7 cm³/mol. The zero-order valence-corrected chi connectivity index (χ0v) is 15.0.